The Kier molecular flexibility index (Phi) is 5.58. The Labute approximate surface area is 156 Å². The number of piperidine rings is 1. The number of benzene rings is 2. The number of rotatable bonds is 4. The molecule has 0 aromatic heterocycles. The highest BCUT2D eigenvalue weighted by Gasteiger charge is 2.41. The summed E-state index contributed by atoms with van der Waals surface area (Å²) in [6, 6.07) is 13.4. The molecule has 27 heavy (non-hydrogen) atoms. The minimum Gasteiger partial charge on any atom is -0.411 e. The van der Waals surface area contributed by atoms with Crippen molar-refractivity contribution in [2.24, 2.45) is 11.1 Å². The van der Waals surface area contributed by atoms with Crippen molar-refractivity contribution in [3.05, 3.63) is 53.6 Å². The van der Waals surface area contributed by atoms with Gasteiger partial charge in [-0.1, -0.05) is 11.2 Å². The van der Waals surface area contributed by atoms with Crippen molar-refractivity contribution < 1.29 is 18.4 Å². The lowest BCUT2D eigenvalue weighted by Gasteiger charge is -2.34. The Morgan fingerprint density at radius 1 is 1.07 bits per heavy atom. The summed E-state index contributed by atoms with van der Waals surface area (Å²) < 4.78 is 38.3. The van der Waals surface area contributed by atoms with Crippen LogP contribution in [0.2, 0.25) is 0 Å². The molecule has 0 spiro atoms. The number of anilines is 3. The van der Waals surface area contributed by atoms with E-state index < -0.39 is 12.1 Å². The first-order valence-electron chi connectivity index (χ1n) is 8.83. The molecule has 2 aromatic carbocycles. The lowest BCUT2D eigenvalue weighted by Crippen LogP contribution is -2.38. The van der Waals surface area contributed by atoms with Crippen LogP contribution in [0.3, 0.4) is 0 Å². The molecule has 1 aliphatic rings. The number of alkyl halides is 3. The molecule has 1 aliphatic heterocycles. The molecule has 144 valence electrons. The van der Waals surface area contributed by atoms with Crippen LogP contribution < -0.4 is 10.2 Å². The van der Waals surface area contributed by atoms with E-state index in [0.29, 0.717) is 13.1 Å². The predicted molar refractivity (Wildman–Crippen MR) is 101 cm³/mol. The third-order valence-corrected chi connectivity index (χ3v) is 4.95. The van der Waals surface area contributed by atoms with E-state index in [9.17, 15) is 13.2 Å². The first kappa shape index (κ1) is 19.1. The maximum atomic E-state index is 12.8. The van der Waals surface area contributed by atoms with E-state index in [1.165, 1.54) is 6.21 Å². The number of nitrogens with zero attached hydrogens (tertiary/aromatic N) is 2. The fourth-order valence-electron chi connectivity index (χ4n) is 3.35. The Balaban J connectivity index is 1.62. The molecule has 1 saturated heterocycles. The van der Waals surface area contributed by atoms with Gasteiger partial charge in [-0.2, -0.15) is 13.2 Å². The molecule has 0 saturated carbocycles. The van der Waals surface area contributed by atoms with Gasteiger partial charge in [-0.25, -0.2) is 0 Å². The van der Waals surface area contributed by atoms with Crippen molar-refractivity contribution in [3.8, 4) is 0 Å². The number of hydrogen-bond donors (Lipinski definition) is 2. The largest absolute Gasteiger partial charge is 0.411 e. The molecular weight excluding hydrogens is 355 g/mol. The molecule has 0 bridgehead atoms. The number of nitrogens with one attached hydrogen (secondary N) is 1. The molecule has 3 rings (SSSR count). The van der Waals surface area contributed by atoms with Crippen LogP contribution in [-0.4, -0.2) is 30.7 Å². The van der Waals surface area contributed by atoms with Crippen molar-refractivity contribution in [1.82, 2.24) is 0 Å². The lowest BCUT2D eigenvalue weighted by atomic mass is 9.96. The van der Waals surface area contributed by atoms with E-state index in [2.05, 4.69) is 10.5 Å². The van der Waals surface area contributed by atoms with Crippen molar-refractivity contribution in [1.29, 1.82) is 0 Å². The van der Waals surface area contributed by atoms with Gasteiger partial charge in [0.25, 0.3) is 0 Å². The average molecular weight is 377 g/mol. The van der Waals surface area contributed by atoms with Gasteiger partial charge in [-0.05, 0) is 67.3 Å². The Morgan fingerprint density at radius 3 is 2.26 bits per heavy atom. The van der Waals surface area contributed by atoms with E-state index >= 15 is 0 Å². The molecule has 0 atom stereocenters. The molecule has 0 radical (unpaired) electrons. The molecular formula is C20H22F3N3O. The van der Waals surface area contributed by atoms with Gasteiger partial charge in [0.1, 0.15) is 0 Å². The Morgan fingerprint density at radius 2 is 1.70 bits per heavy atom. The zero-order chi connectivity index (χ0) is 19.4. The van der Waals surface area contributed by atoms with Crippen LogP contribution in [0.25, 0.3) is 0 Å². The summed E-state index contributed by atoms with van der Waals surface area (Å²) in [4.78, 5) is 2.00. The van der Waals surface area contributed by atoms with Gasteiger partial charge < -0.3 is 15.4 Å². The van der Waals surface area contributed by atoms with E-state index in [1.807, 2.05) is 54.3 Å². The van der Waals surface area contributed by atoms with Gasteiger partial charge in [0.05, 0.1) is 12.1 Å². The summed E-state index contributed by atoms with van der Waals surface area (Å²) in [7, 11) is 0. The van der Waals surface area contributed by atoms with Crippen molar-refractivity contribution in [2.75, 3.05) is 23.3 Å². The molecule has 1 heterocycles. The molecule has 2 N–H and O–H groups in total. The second-order valence-electron chi connectivity index (χ2n) is 6.79. The van der Waals surface area contributed by atoms with E-state index in [-0.39, 0.29) is 12.8 Å². The quantitative estimate of drug-likeness (QED) is 0.430. The van der Waals surface area contributed by atoms with Crippen molar-refractivity contribution in [2.45, 2.75) is 25.9 Å². The maximum absolute atomic E-state index is 12.8. The minimum absolute atomic E-state index is 0.145. The van der Waals surface area contributed by atoms with Gasteiger partial charge in [0, 0.05) is 30.2 Å². The van der Waals surface area contributed by atoms with Crippen LogP contribution in [0.5, 0.6) is 0 Å². The fourth-order valence-corrected chi connectivity index (χ4v) is 3.35. The third-order valence-electron chi connectivity index (χ3n) is 4.95. The SMILES string of the molecule is Cc1cc(Nc2ccc(N3CCC(C(F)(F)F)CC3)cc2)ccc1/C=N/O. The topological polar surface area (TPSA) is 47.9 Å². The van der Waals surface area contributed by atoms with Crippen LogP contribution in [0, 0.1) is 12.8 Å². The third kappa shape index (κ3) is 4.72. The Bertz CT molecular complexity index is 795. The highest BCUT2D eigenvalue weighted by atomic mass is 19.4. The number of halogens is 3. The molecule has 0 unspecified atom stereocenters. The molecule has 0 amide bonds. The maximum Gasteiger partial charge on any atom is 0.391 e. The molecule has 0 aliphatic carbocycles. The van der Waals surface area contributed by atoms with Crippen LogP contribution >= 0.6 is 0 Å². The fraction of sp³-hybridized carbons (Fsp3) is 0.350. The van der Waals surface area contributed by atoms with Crippen molar-refractivity contribution in [3.63, 3.8) is 0 Å². The zero-order valence-electron chi connectivity index (χ0n) is 15.0. The highest BCUT2D eigenvalue weighted by Crippen LogP contribution is 2.35. The minimum atomic E-state index is -4.09. The monoisotopic (exact) mass is 377 g/mol. The number of hydrogen-bond acceptors (Lipinski definition) is 4. The lowest BCUT2D eigenvalue weighted by molar-refractivity contribution is -0.179. The first-order chi connectivity index (χ1) is 12.9. The summed E-state index contributed by atoms with van der Waals surface area (Å²) >= 11 is 0. The molecule has 4 nitrogen and oxygen atoms in total. The van der Waals surface area contributed by atoms with Gasteiger partial charge in [0.15, 0.2) is 0 Å². The molecule has 1 fully saturated rings. The summed E-state index contributed by atoms with van der Waals surface area (Å²) in [5.41, 5.74) is 4.54. The summed E-state index contributed by atoms with van der Waals surface area (Å²) in [6.45, 7) is 2.77. The van der Waals surface area contributed by atoms with Crippen LogP contribution in [0.1, 0.15) is 24.0 Å². The van der Waals surface area contributed by atoms with E-state index in [0.717, 1.165) is 28.2 Å². The van der Waals surface area contributed by atoms with Crippen molar-refractivity contribution >= 4 is 23.3 Å². The summed E-state index contributed by atoms with van der Waals surface area (Å²) in [5.74, 6) is -1.18. The first-order valence-corrected chi connectivity index (χ1v) is 8.83. The van der Waals surface area contributed by atoms with Gasteiger partial charge in [-0.3, -0.25) is 0 Å². The standard InChI is InChI=1S/C20H22F3N3O/c1-14-12-18(3-2-15(14)13-24-27)25-17-4-6-19(7-5-17)26-10-8-16(9-11-26)20(21,22)23/h2-7,12-13,16,25,27H,8-11H2,1H3/b24-13+. The average Bonchev–Trinajstić information content (AvgIpc) is 2.64. The second-order valence-corrected chi connectivity index (χ2v) is 6.79. The normalized spacial score (nSPS) is 16.1. The second kappa shape index (κ2) is 7.90. The summed E-state index contributed by atoms with van der Waals surface area (Å²) in [5, 5.41) is 15.0. The molecule has 7 heteroatoms. The smallest absolute Gasteiger partial charge is 0.391 e. The van der Waals surface area contributed by atoms with Gasteiger partial charge in [0.2, 0.25) is 0 Å². The zero-order valence-corrected chi connectivity index (χ0v) is 15.0. The van der Waals surface area contributed by atoms with Gasteiger partial charge >= 0.3 is 6.18 Å². The van der Waals surface area contributed by atoms with E-state index in [1.54, 1.807) is 0 Å². The summed E-state index contributed by atoms with van der Waals surface area (Å²) in [6.07, 6.45) is -2.41. The van der Waals surface area contributed by atoms with E-state index in [4.69, 9.17) is 5.21 Å². The Hall–Kier alpha value is -2.70. The van der Waals surface area contributed by atoms with Crippen LogP contribution in [0.4, 0.5) is 30.2 Å². The molecule has 2 aromatic rings. The van der Waals surface area contributed by atoms with Crippen LogP contribution in [-0.2, 0) is 0 Å². The van der Waals surface area contributed by atoms with Crippen LogP contribution in [0.15, 0.2) is 47.6 Å². The predicted octanol–water partition coefficient (Wildman–Crippen LogP) is 5.33. The van der Waals surface area contributed by atoms with Gasteiger partial charge in [-0.15, -0.1) is 0 Å². The highest BCUT2D eigenvalue weighted by molar-refractivity contribution is 5.82. The number of oxime groups is 1. The number of aryl methyl sites for hydroxylation is 1.